The molecule has 1 heterocycles. The lowest BCUT2D eigenvalue weighted by molar-refractivity contribution is 0.0895. The third-order valence-corrected chi connectivity index (χ3v) is 5.42. The molecule has 0 N–H and O–H groups in total. The molecule has 0 saturated carbocycles. The third kappa shape index (κ3) is 4.66. The van der Waals surface area contributed by atoms with E-state index in [0.29, 0.717) is 11.4 Å². The van der Waals surface area contributed by atoms with Gasteiger partial charge in [-0.15, -0.1) is 0 Å². The quantitative estimate of drug-likeness (QED) is 0.652. The van der Waals surface area contributed by atoms with E-state index in [-0.39, 0.29) is 11.8 Å². The van der Waals surface area contributed by atoms with Crippen LogP contribution in [0.25, 0.3) is 0 Å². The van der Waals surface area contributed by atoms with Crippen molar-refractivity contribution in [2.24, 2.45) is 0 Å². The van der Waals surface area contributed by atoms with Gasteiger partial charge in [0.05, 0.1) is 0 Å². The fraction of sp³-hybridized carbons (Fsp3) is 0.409. The number of benzene rings is 2. The predicted octanol–water partition coefficient (Wildman–Crippen LogP) is 5.21. The normalized spacial score (nSPS) is 16.3. The second kappa shape index (κ2) is 8.70. The fourth-order valence-corrected chi connectivity index (χ4v) is 3.74. The standard InChI is InChI=1S/C22H27ClN2O/c1-24(2)20-12-8-17(9-13-20)21(25-14-4-3-5-15-25)16-22(26)18-6-10-19(23)11-7-18/h6-13,21H,3-5,14-16H2,1-2H3. The highest BCUT2D eigenvalue weighted by Crippen LogP contribution is 2.30. The van der Waals surface area contributed by atoms with E-state index >= 15 is 0 Å². The molecule has 0 aromatic heterocycles. The van der Waals surface area contributed by atoms with E-state index in [2.05, 4.69) is 34.1 Å². The maximum atomic E-state index is 12.9. The number of carbonyl (C=O) groups excluding carboxylic acids is 1. The van der Waals surface area contributed by atoms with Crippen molar-refractivity contribution in [1.29, 1.82) is 0 Å². The van der Waals surface area contributed by atoms with Gasteiger partial charge in [-0.05, 0) is 67.9 Å². The Balaban J connectivity index is 1.82. The van der Waals surface area contributed by atoms with Gasteiger partial charge in [0.1, 0.15) is 0 Å². The molecule has 138 valence electrons. The van der Waals surface area contributed by atoms with Crippen molar-refractivity contribution >= 4 is 23.1 Å². The average molecular weight is 371 g/mol. The van der Waals surface area contributed by atoms with E-state index in [1.54, 1.807) is 12.1 Å². The monoisotopic (exact) mass is 370 g/mol. The Labute approximate surface area is 161 Å². The molecule has 3 nitrogen and oxygen atoms in total. The van der Waals surface area contributed by atoms with Gasteiger partial charge in [-0.25, -0.2) is 0 Å². The first-order chi connectivity index (χ1) is 12.5. The minimum absolute atomic E-state index is 0.134. The van der Waals surface area contributed by atoms with E-state index in [1.165, 1.54) is 30.5 Å². The van der Waals surface area contributed by atoms with Gasteiger partial charge in [-0.1, -0.05) is 30.2 Å². The SMILES string of the molecule is CN(C)c1ccc(C(CC(=O)c2ccc(Cl)cc2)N2CCCCC2)cc1. The number of ketones is 1. The fourth-order valence-electron chi connectivity index (χ4n) is 3.61. The number of nitrogens with zero attached hydrogens (tertiary/aromatic N) is 2. The van der Waals surface area contributed by atoms with Crippen molar-refractivity contribution in [2.75, 3.05) is 32.1 Å². The second-order valence-electron chi connectivity index (χ2n) is 7.23. The Kier molecular flexibility index (Phi) is 6.33. The number of piperidine rings is 1. The second-order valence-corrected chi connectivity index (χ2v) is 7.67. The molecule has 0 bridgehead atoms. The summed E-state index contributed by atoms with van der Waals surface area (Å²) in [6, 6.07) is 16.0. The maximum Gasteiger partial charge on any atom is 0.164 e. The molecule has 1 aliphatic heterocycles. The smallest absolute Gasteiger partial charge is 0.164 e. The van der Waals surface area contributed by atoms with Crippen LogP contribution in [0.5, 0.6) is 0 Å². The Hall–Kier alpha value is -1.84. The van der Waals surface area contributed by atoms with Crippen molar-refractivity contribution in [1.82, 2.24) is 4.90 Å². The van der Waals surface area contributed by atoms with Gasteiger partial charge in [0.2, 0.25) is 0 Å². The lowest BCUT2D eigenvalue weighted by atomic mass is 9.94. The van der Waals surface area contributed by atoms with Crippen LogP contribution in [0.4, 0.5) is 5.69 Å². The van der Waals surface area contributed by atoms with Crippen LogP contribution in [0, 0.1) is 0 Å². The molecule has 2 aromatic carbocycles. The number of hydrogen-bond acceptors (Lipinski definition) is 3. The molecule has 1 fully saturated rings. The molecule has 26 heavy (non-hydrogen) atoms. The molecular formula is C22H27ClN2O. The number of rotatable bonds is 6. The van der Waals surface area contributed by atoms with Gasteiger partial charge < -0.3 is 4.90 Å². The van der Waals surface area contributed by atoms with Crippen molar-refractivity contribution < 1.29 is 4.79 Å². The number of likely N-dealkylation sites (tertiary alicyclic amines) is 1. The van der Waals surface area contributed by atoms with Gasteiger partial charge in [0.15, 0.2) is 5.78 Å². The molecule has 0 radical (unpaired) electrons. The van der Waals surface area contributed by atoms with Crippen LogP contribution in [0.15, 0.2) is 48.5 Å². The summed E-state index contributed by atoms with van der Waals surface area (Å²) in [6.07, 6.45) is 4.21. The number of halogens is 1. The van der Waals surface area contributed by atoms with E-state index in [4.69, 9.17) is 11.6 Å². The summed E-state index contributed by atoms with van der Waals surface area (Å²) in [5.74, 6) is 0.175. The molecule has 1 aliphatic rings. The Morgan fingerprint density at radius 3 is 2.19 bits per heavy atom. The number of carbonyl (C=O) groups is 1. The highest BCUT2D eigenvalue weighted by molar-refractivity contribution is 6.30. The predicted molar refractivity (Wildman–Crippen MR) is 109 cm³/mol. The molecule has 4 heteroatoms. The van der Waals surface area contributed by atoms with Crippen molar-refractivity contribution in [3.63, 3.8) is 0 Å². The van der Waals surface area contributed by atoms with Crippen LogP contribution in [-0.4, -0.2) is 37.9 Å². The molecule has 2 aromatic rings. The number of hydrogen-bond donors (Lipinski definition) is 0. The highest BCUT2D eigenvalue weighted by Gasteiger charge is 2.25. The lowest BCUT2D eigenvalue weighted by Gasteiger charge is -2.35. The molecule has 3 rings (SSSR count). The van der Waals surface area contributed by atoms with E-state index in [9.17, 15) is 4.79 Å². The summed E-state index contributed by atoms with van der Waals surface area (Å²) >= 11 is 5.96. The topological polar surface area (TPSA) is 23.6 Å². The summed E-state index contributed by atoms with van der Waals surface area (Å²) in [4.78, 5) is 17.4. The van der Waals surface area contributed by atoms with Crippen LogP contribution < -0.4 is 4.90 Å². The van der Waals surface area contributed by atoms with Crippen LogP contribution in [0.1, 0.15) is 47.6 Å². The first kappa shape index (κ1) is 18.9. The van der Waals surface area contributed by atoms with Gasteiger partial charge in [0, 0.05) is 42.8 Å². The summed E-state index contributed by atoms with van der Waals surface area (Å²) in [5.41, 5.74) is 3.14. The van der Waals surface area contributed by atoms with Crippen LogP contribution in [-0.2, 0) is 0 Å². The number of anilines is 1. The van der Waals surface area contributed by atoms with Gasteiger partial charge in [-0.2, -0.15) is 0 Å². The van der Waals surface area contributed by atoms with Crippen molar-refractivity contribution in [3.8, 4) is 0 Å². The average Bonchev–Trinajstić information content (AvgIpc) is 2.67. The van der Waals surface area contributed by atoms with Crippen LogP contribution in [0.2, 0.25) is 5.02 Å². The zero-order valence-corrected chi connectivity index (χ0v) is 16.4. The Morgan fingerprint density at radius 1 is 1.00 bits per heavy atom. The molecule has 0 aliphatic carbocycles. The van der Waals surface area contributed by atoms with Crippen molar-refractivity contribution in [2.45, 2.75) is 31.7 Å². The summed E-state index contributed by atoms with van der Waals surface area (Å²) < 4.78 is 0. The molecule has 1 saturated heterocycles. The molecule has 1 unspecified atom stereocenters. The maximum absolute atomic E-state index is 12.9. The highest BCUT2D eigenvalue weighted by atomic mass is 35.5. The Morgan fingerprint density at radius 2 is 1.62 bits per heavy atom. The zero-order chi connectivity index (χ0) is 18.5. The first-order valence-corrected chi connectivity index (χ1v) is 9.72. The minimum Gasteiger partial charge on any atom is -0.378 e. The van der Waals surface area contributed by atoms with Crippen LogP contribution in [0.3, 0.4) is 0 Å². The largest absolute Gasteiger partial charge is 0.378 e. The van der Waals surface area contributed by atoms with Gasteiger partial charge in [-0.3, -0.25) is 9.69 Å². The Bertz CT molecular complexity index is 719. The zero-order valence-electron chi connectivity index (χ0n) is 15.6. The molecular weight excluding hydrogens is 344 g/mol. The lowest BCUT2D eigenvalue weighted by Crippen LogP contribution is -2.35. The third-order valence-electron chi connectivity index (χ3n) is 5.17. The van der Waals surface area contributed by atoms with E-state index in [0.717, 1.165) is 18.7 Å². The first-order valence-electron chi connectivity index (χ1n) is 9.35. The van der Waals surface area contributed by atoms with Crippen molar-refractivity contribution in [3.05, 3.63) is 64.7 Å². The van der Waals surface area contributed by atoms with Gasteiger partial charge in [0.25, 0.3) is 0 Å². The number of Topliss-reactive ketones (excluding diaryl/α,β-unsaturated/α-hetero) is 1. The molecule has 1 atom stereocenters. The van der Waals surface area contributed by atoms with Crippen LogP contribution >= 0.6 is 11.6 Å². The summed E-state index contributed by atoms with van der Waals surface area (Å²) in [6.45, 7) is 2.13. The molecule has 0 amide bonds. The van der Waals surface area contributed by atoms with E-state index in [1.807, 2.05) is 26.2 Å². The van der Waals surface area contributed by atoms with E-state index < -0.39 is 0 Å². The minimum atomic E-state index is 0.134. The summed E-state index contributed by atoms with van der Waals surface area (Å²) in [5, 5.41) is 0.661. The summed E-state index contributed by atoms with van der Waals surface area (Å²) in [7, 11) is 4.09. The molecule has 0 spiro atoms. The van der Waals surface area contributed by atoms with Gasteiger partial charge >= 0.3 is 0 Å².